The van der Waals surface area contributed by atoms with Crippen LogP contribution in [0.2, 0.25) is 5.02 Å². The van der Waals surface area contributed by atoms with Crippen LogP contribution in [-0.4, -0.2) is 26.6 Å². The summed E-state index contributed by atoms with van der Waals surface area (Å²) >= 11 is 6.15. The smallest absolute Gasteiger partial charge is 0.300 e. The Morgan fingerprint density at radius 2 is 1.85 bits per heavy atom. The van der Waals surface area contributed by atoms with Gasteiger partial charge in [0.05, 0.1) is 17.5 Å². The number of morpholine rings is 1. The maximum absolute atomic E-state index is 13.0. The third kappa shape index (κ3) is 4.20. The van der Waals surface area contributed by atoms with Crippen molar-refractivity contribution in [1.29, 1.82) is 0 Å². The number of ether oxygens (including phenoxy) is 1. The highest BCUT2D eigenvalue weighted by Gasteiger charge is 2.50. The molecule has 146 valence electrons. The average Bonchev–Trinajstić information content (AvgIpc) is 2.57. The van der Waals surface area contributed by atoms with Crippen molar-refractivity contribution < 1.29 is 17.3 Å². The second-order valence-electron chi connectivity index (χ2n) is 7.57. The highest BCUT2D eigenvalue weighted by molar-refractivity contribution is 7.86. The molecular formula is C20H24ClNO4S. The Hall–Kier alpha value is -1.44. The molecule has 0 saturated carbocycles. The van der Waals surface area contributed by atoms with Crippen LogP contribution in [0.5, 0.6) is 0 Å². The fourth-order valence-electron chi connectivity index (χ4n) is 3.23. The number of hydrogen-bond acceptors (Lipinski definition) is 5. The van der Waals surface area contributed by atoms with Crippen LogP contribution < -0.4 is 5.32 Å². The molecule has 0 bridgehead atoms. The predicted molar refractivity (Wildman–Crippen MR) is 105 cm³/mol. The van der Waals surface area contributed by atoms with Gasteiger partial charge >= 0.3 is 0 Å². The van der Waals surface area contributed by atoms with Crippen molar-refractivity contribution in [2.75, 3.05) is 6.61 Å². The third-order valence-electron chi connectivity index (χ3n) is 4.59. The Morgan fingerprint density at radius 1 is 1.19 bits per heavy atom. The zero-order valence-electron chi connectivity index (χ0n) is 15.8. The Labute approximate surface area is 165 Å². The van der Waals surface area contributed by atoms with Crippen molar-refractivity contribution in [3.05, 3.63) is 64.7 Å². The van der Waals surface area contributed by atoms with Gasteiger partial charge < -0.3 is 10.1 Å². The third-order valence-corrected chi connectivity index (χ3v) is 6.15. The summed E-state index contributed by atoms with van der Waals surface area (Å²) in [5.74, 6) is -1.52. The minimum atomic E-state index is -4.07. The molecule has 1 heterocycles. The summed E-state index contributed by atoms with van der Waals surface area (Å²) in [5.41, 5.74) is 1.18. The maximum Gasteiger partial charge on any atom is 0.300 e. The fraction of sp³-hybridized carbons (Fsp3) is 0.400. The van der Waals surface area contributed by atoms with E-state index < -0.39 is 21.9 Å². The second kappa shape index (κ2) is 7.18. The van der Waals surface area contributed by atoms with E-state index in [-0.39, 0.29) is 17.0 Å². The van der Waals surface area contributed by atoms with E-state index in [1.165, 1.54) is 12.1 Å². The van der Waals surface area contributed by atoms with Gasteiger partial charge in [-0.05, 0) is 52.0 Å². The molecule has 0 unspecified atom stereocenters. The van der Waals surface area contributed by atoms with Gasteiger partial charge in [-0.3, -0.25) is 0 Å². The number of hydrogen-bond donors (Lipinski definition) is 1. The zero-order chi connectivity index (χ0) is 19.9. The first-order valence-corrected chi connectivity index (χ1v) is 10.5. The van der Waals surface area contributed by atoms with Gasteiger partial charge in [0.25, 0.3) is 10.1 Å². The molecule has 27 heavy (non-hydrogen) atoms. The number of nitrogens with one attached hydrogen (secondary N) is 1. The van der Waals surface area contributed by atoms with E-state index in [2.05, 4.69) is 5.32 Å². The van der Waals surface area contributed by atoms with E-state index in [0.29, 0.717) is 10.6 Å². The first-order chi connectivity index (χ1) is 12.5. The van der Waals surface area contributed by atoms with Crippen molar-refractivity contribution in [2.45, 2.75) is 50.0 Å². The molecular weight excluding hydrogens is 386 g/mol. The van der Waals surface area contributed by atoms with Crippen molar-refractivity contribution in [1.82, 2.24) is 5.32 Å². The molecule has 2 aromatic rings. The molecule has 0 spiro atoms. The summed E-state index contributed by atoms with van der Waals surface area (Å²) in [6, 6.07) is 13.0. The van der Waals surface area contributed by atoms with Crippen LogP contribution in [0.25, 0.3) is 0 Å². The topological polar surface area (TPSA) is 64.6 Å². The van der Waals surface area contributed by atoms with Crippen LogP contribution in [0.4, 0.5) is 0 Å². The summed E-state index contributed by atoms with van der Waals surface area (Å²) in [7, 11) is -4.07. The molecule has 1 N–H and O–H groups in total. The number of halogens is 1. The molecule has 1 saturated heterocycles. The first kappa shape index (κ1) is 20.3. The van der Waals surface area contributed by atoms with E-state index >= 15 is 0 Å². The van der Waals surface area contributed by atoms with Gasteiger partial charge in [-0.15, -0.1) is 0 Å². The largest absolute Gasteiger partial charge is 0.342 e. The number of aryl methyl sites for hydroxylation is 1. The van der Waals surface area contributed by atoms with Gasteiger partial charge in [0.15, 0.2) is 0 Å². The molecule has 2 atom stereocenters. The summed E-state index contributed by atoms with van der Waals surface area (Å²) in [6.45, 7) is 7.97. The summed E-state index contributed by atoms with van der Waals surface area (Å²) in [6.07, 6.45) is 0. The Morgan fingerprint density at radius 3 is 2.44 bits per heavy atom. The van der Waals surface area contributed by atoms with Gasteiger partial charge in [-0.25, -0.2) is 4.18 Å². The van der Waals surface area contributed by atoms with Crippen LogP contribution in [0, 0.1) is 6.92 Å². The Kier molecular flexibility index (Phi) is 5.40. The van der Waals surface area contributed by atoms with Crippen LogP contribution in [0.15, 0.2) is 53.4 Å². The van der Waals surface area contributed by atoms with Crippen LogP contribution in [0.1, 0.15) is 31.9 Å². The van der Waals surface area contributed by atoms with Gasteiger partial charge in [0.1, 0.15) is 0 Å². The van der Waals surface area contributed by atoms with E-state index in [0.717, 1.165) is 5.56 Å². The van der Waals surface area contributed by atoms with Crippen molar-refractivity contribution >= 4 is 21.7 Å². The normalized spacial score (nSPS) is 25.3. The Bertz CT molecular complexity index is 927. The number of rotatable bonds is 4. The standard InChI is InChI=1S/C20H24ClNO4S/c1-14-8-10-18(11-9-14)27(23,24)26-20(16-6-5-7-17(21)12-16)15(2)22-19(3,4)13-25-20/h5-12,15,22H,13H2,1-4H3/t15-,20-/m0/s1. The first-order valence-electron chi connectivity index (χ1n) is 8.74. The molecule has 1 aliphatic heterocycles. The summed E-state index contributed by atoms with van der Waals surface area (Å²) in [5, 5.41) is 3.87. The second-order valence-corrected chi connectivity index (χ2v) is 9.55. The van der Waals surface area contributed by atoms with Gasteiger partial charge in [0, 0.05) is 16.1 Å². The van der Waals surface area contributed by atoms with Crippen LogP contribution in [-0.2, 0) is 24.8 Å². The molecule has 2 aromatic carbocycles. The fourth-order valence-corrected chi connectivity index (χ4v) is 4.60. The van der Waals surface area contributed by atoms with Crippen LogP contribution in [0.3, 0.4) is 0 Å². The molecule has 0 amide bonds. The number of benzene rings is 2. The lowest BCUT2D eigenvalue weighted by Gasteiger charge is -2.48. The lowest BCUT2D eigenvalue weighted by molar-refractivity contribution is -0.243. The predicted octanol–water partition coefficient (Wildman–Crippen LogP) is 3.99. The molecule has 5 nitrogen and oxygen atoms in total. The van der Waals surface area contributed by atoms with Gasteiger partial charge in [-0.2, -0.15) is 8.42 Å². The monoisotopic (exact) mass is 409 g/mol. The van der Waals surface area contributed by atoms with E-state index in [1.54, 1.807) is 36.4 Å². The van der Waals surface area contributed by atoms with E-state index in [4.69, 9.17) is 20.5 Å². The van der Waals surface area contributed by atoms with Crippen molar-refractivity contribution in [3.8, 4) is 0 Å². The van der Waals surface area contributed by atoms with Crippen molar-refractivity contribution in [3.63, 3.8) is 0 Å². The molecule has 7 heteroatoms. The maximum atomic E-state index is 13.0. The minimum Gasteiger partial charge on any atom is -0.342 e. The molecule has 0 aliphatic carbocycles. The highest BCUT2D eigenvalue weighted by Crippen LogP contribution is 2.39. The lowest BCUT2D eigenvalue weighted by atomic mass is 9.92. The quantitative estimate of drug-likeness (QED) is 0.773. The van der Waals surface area contributed by atoms with Crippen molar-refractivity contribution in [2.24, 2.45) is 0 Å². The van der Waals surface area contributed by atoms with E-state index in [9.17, 15) is 8.42 Å². The molecule has 1 fully saturated rings. The molecule has 0 aromatic heterocycles. The average molecular weight is 410 g/mol. The molecule has 3 rings (SSSR count). The SMILES string of the molecule is Cc1ccc(S(=O)(=O)O[C@@]2(c3cccc(Cl)c3)OCC(C)(C)N[C@H]2C)cc1. The summed E-state index contributed by atoms with van der Waals surface area (Å²) < 4.78 is 37.9. The Balaban J connectivity index is 2.07. The summed E-state index contributed by atoms with van der Waals surface area (Å²) in [4.78, 5) is 0.0788. The van der Waals surface area contributed by atoms with Crippen LogP contribution >= 0.6 is 11.6 Å². The molecule has 0 radical (unpaired) electrons. The molecule has 1 aliphatic rings. The lowest BCUT2D eigenvalue weighted by Crippen LogP contribution is -2.64. The minimum absolute atomic E-state index is 0.0788. The van der Waals surface area contributed by atoms with E-state index in [1.807, 2.05) is 27.7 Å². The zero-order valence-corrected chi connectivity index (χ0v) is 17.4. The highest BCUT2D eigenvalue weighted by atomic mass is 35.5. The van der Waals surface area contributed by atoms with Gasteiger partial charge in [-0.1, -0.05) is 41.4 Å². The van der Waals surface area contributed by atoms with Gasteiger partial charge in [0.2, 0.25) is 5.79 Å².